The van der Waals surface area contributed by atoms with Crippen LogP contribution in [0.1, 0.15) is 16.1 Å². The highest BCUT2D eigenvalue weighted by molar-refractivity contribution is 9.10. The van der Waals surface area contributed by atoms with Gasteiger partial charge in [-0.05, 0) is 40.0 Å². The lowest BCUT2D eigenvalue weighted by Crippen LogP contribution is -2.26. The number of pyridine rings is 1. The summed E-state index contributed by atoms with van der Waals surface area (Å²) in [6, 6.07) is 11.4. The minimum atomic E-state index is -0.440. The number of amides is 1. The molecular weight excluding hydrogens is 338 g/mol. The molecule has 21 heavy (non-hydrogen) atoms. The lowest BCUT2D eigenvalue weighted by molar-refractivity contribution is -0.384. The number of hydrogen-bond donors (Lipinski definition) is 1. The van der Waals surface area contributed by atoms with Crippen molar-refractivity contribution in [2.24, 2.45) is 0 Å². The number of nitrogens with one attached hydrogen (secondary N) is 1. The normalized spacial score (nSPS) is 10.1. The Balaban J connectivity index is 1.86. The van der Waals surface area contributed by atoms with E-state index in [1.165, 1.54) is 12.1 Å². The summed E-state index contributed by atoms with van der Waals surface area (Å²) >= 11 is 3.21. The van der Waals surface area contributed by atoms with Gasteiger partial charge in [0.15, 0.2) is 0 Å². The average Bonchev–Trinajstić information content (AvgIpc) is 2.47. The van der Waals surface area contributed by atoms with Crippen molar-refractivity contribution in [3.8, 4) is 0 Å². The number of aromatic nitrogens is 1. The van der Waals surface area contributed by atoms with Gasteiger partial charge in [0.05, 0.1) is 4.92 Å². The summed E-state index contributed by atoms with van der Waals surface area (Å²) in [5, 5.41) is 13.3. The number of nitro benzene ring substituents is 1. The van der Waals surface area contributed by atoms with E-state index in [0.717, 1.165) is 5.56 Å². The summed E-state index contributed by atoms with van der Waals surface area (Å²) in [5.74, 6) is -0.252. The molecule has 0 atom stereocenters. The van der Waals surface area contributed by atoms with Crippen LogP contribution in [0.3, 0.4) is 0 Å². The molecule has 1 amide bonds. The van der Waals surface area contributed by atoms with E-state index < -0.39 is 4.92 Å². The molecule has 0 aliphatic heterocycles. The lowest BCUT2D eigenvalue weighted by Gasteiger charge is -2.05. The molecule has 0 saturated heterocycles. The van der Waals surface area contributed by atoms with E-state index in [1.807, 2.05) is 0 Å². The minimum absolute atomic E-state index is 0.0566. The highest BCUT2D eigenvalue weighted by Crippen LogP contribution is 2.12. The molecule has 2 aromatic rings. The zero-order chi connectivity index (χ0) is 15.2. The maximum absolute atomic E-state index is 11.8. The number of carbonyl (C=O) groups is 1. The molecule has 7 heteroatoms. The SMILES string of the molecule is O=C(NCCc1ccc([N+](=O)[O-])cc1)c1cccc(Br)n1. The average molecular weight is 350 g/mol. The van der Waals surface area contributed by atoms with Crippen LogP contribution >= 0.6 is 15.9 Å². The molecule has 108 valence electrons. The van der Waals surface area contributed by atoms with Crippen LogP contribution in [0.2, 0.25) is 0 Å². The minimum Gasteiger partial charge on any atom is -0.350 e. The molecule has 0 bridgehead atoms. The number of non-ortho nitro benzene ring substituents is 1. The first-order valence-electron chi connectivity index (χ1n) is 6.20. The van der Waals surface area contributed by atoms with Crippen LogP contribution in [0.25, 0.3) is 0 Å². The van der Waals surface area contributed by atoms with Gasteiger partial charge in [-0.3, -0.25) is 14.9 Å². The van der Waals surface area contributed by atoms with Gasteiger partial charge >= 0.3 is 0 Å². The summed E-state index contributed by atoms with van der Waals surface area (Å²) in [7, 11) is 0. The lowest BCUT2D eigenvalue weighted by atomic mass is 10.1. The van der Waals surface area contributed by atoms with Crippen molar-refractivity contribution in [2.75, 3.05) is 6.54 Å². The molecule has 2 rings (SSSR count). The first-order valence-corrected chi connectivity index (χ1v) is 6.99. The number of nitro groups is 1. The van der Waals surface area contributed by atoms with E-state index in [9.17, 15) is 14.9 Å². The smallest absolute Gasteiger partial charge is 0.269 e. The summed E-state index contributed by atoms with van der Waals surface area (Å²) in [4.78, 5) is 26.0. The monoisotopic (exact) mass is 349 g/mol. The summed E-state index contributed by atoms with van der Waals surface area (Å²) in [6.45, 7) is 0.435. The van der Waals surface area contributed by atoms with E-state index in [0.29, 0.717) is 23.3 Å². The quantitative estimate of drug-likeness (QED) is 0.510. The van der Waals surface area contributed by atoms with Crippen molar-refractivity contribution in [1.82, 2.24) is 10.3 Å². The number of halogens is 1. The Morgan fingerprint density at radius 2 is 1.95 bits per heavy atom. The third kappa shape index (κ3) is 4.35. The molecule has 0 saturated carbocycles. The zero-order valence-electron chi connectivity index (χ0n) is 11.0. The molecule has 6 nitrogen and oxygen atoms in total. The molecular formula is C14H12BrN3O3. The number of hydrogen-bond acceptors (Lipinski definition) is 4. The first-order chi connectivity index (χ1) is 10.1. The van der Waals surface area contributed by atoms with Crippen LogP contribution < -0.4 is 5.32 Å². The molecule has 0 unspecified atom stereocenters. The molecule has 0 aliphatic rings. The Labute approximate surface area is 129 Å². The van der Waals surface area contributed by atoms with Gasteiger partial charge < -0.3 is 5.32 Å². The highest BCUT2D eigenvalue weighted by Gasteiger charge is 2.07. The Bertz CT molecular complexity index is 659. The maximum atomic E-state index is 11.8. The van der Waals surface area contributed by atoms with Crippen LogP contribution in [0, 0.1) is 10.1 Å². The van der Waals surface area contributed by atoms with E-state index >= 15 is 0 Å². The third-order valence-corrected chi connectivity index (χ3v) is 3.24. The zero-order valence-corrected chi connectivity index (χ0v) is 12.5. The van der Waals surface area contributed by atoms with Crippen LogP contribution in [-0.4, -0.2) is 22.4 Å². The Morgan fingerprint density at radius 3 is 2.57 bits per heavy atom. The molecule has 0 radical (unpaired) electrons. The Morgan fingerprint density at radius 1 is 1.24 bits per heavy atom. The van der Waals surface area contributed by atoms with Gasteiger partial charge in [-0.25, -0.2) is 4.98 Å². The number of carbonyl (C=O) groups excluding carboxylic acids is 1. The fraction of sp³-hybridized carbons (Fsp3) is 0.143. The second-order valence-corrected chi connectivity index (χ2v) is 5.09. The predicted octanol–water partition coefficient (Wildman–Crippen LogP) is 2.72. The second-order valence-electron chi connectivity index (χ2n) is 4.28. The topological polar surface area (TPSA) is 85.1 Å². The van der Waals surface area contributed by atoms with Crippen LogP contribution in [0.4, 0.5) is 5.69 Å². The van der Waals surface area contributed by atoms with Gasteiger partial charge in [-0.1, -0.05) is 18.2 Å². The molecule has 0 fully saturated rings. The fourth-order valence-electron chi connectivity index (χ4n) is 1.73. The van der Waals surface area contributed by atoms with Gasteiger partial charge in [0, 0.05) is 18.7 Å². The standard InChI is InChI=1S/C14H12BrN3O3/c15-13-3-1-2-12(17-13)14(19)16-9-8-10-4-6-11(7-5-10)18(20)21/h1-7H,8-9H2,(H,16,19). The molecule has 1 aromatic heterocycles. The van der Waals surface area contributed by atoms with Crippen molar-refractivity contribution in [1.29, 1.82) is 0 Å². The fourth-order valence-corrected chi connectivity index (χ4v) is 2.07. The van der Waals surface area contributed by atoms with Crippen LogP contribution in [0.15, 0.2) is 47.1 Å². The summed E-state index contributed by atoms with van der Waals surface area (Å²) < 4.78 is 0.602. The van der Waals surface area contributed by atoms with Crippen LogP contribution in [0.5, 0.6) is 0 Å². The van der Waals surface area contributed by atoms with E-state index in [-0.39, 0.29) is 11.6 Å². The number of rotatable bonds is 5. The van der Waals surface area contributed by atoms with Crippen LogP contribution in [-0.2, 0) is 6.42 Å². The van der Waals surface area contributed by atoms with Gasteiger partial charge in [0.25, 0.3) is 11.6 Å². The first kappa shape index (κ1) is 15.1. The van der Waals surface area contributed by atoms with Crippen molar-refractivity contribution in [2.45, 2.75) is 6.42 Å². The molecule has 0 aliphatic carbocycles. The largest absolute Gasteiger partial charge is 0.350 e. The van der Waals surface area contributed by atoms with Crippen molar-refractivity contribution in [3.05, 3.63) is 68.4 Å². The van der Waals surface area contributed by atoms with Gasteiger partial charge in [0.2, 0.25) is 0 Å². The van der Waals surface area contributed by atoms with Crippen molar-refractivity contribution < 1.29 is 9.72 Å². The van der Waals surface area contributed by atoms with Gasteiger partial charge in [0.1, 0.15) is 10.3 Å². The Kier molecular flexibility index (Phi) is 4.99. The Hall–Kier alpha value is -2.28. The molecule has 1 heterocycles. The van der Waals surface area contributed by atoms with Gasteiger partial charge in [-0.15, -0.1) is 0 Å². The maximum Gasteiger partial charge on any atom is 0.269 e. The highest BCUT2D eigenvalue weighted by atomic mass is 79.9. The number of nitrogens with zero attached hydrogens (tertiary/aromatic N) is 2. The van der Waals surface area contributed by atoms with Gasteiger partial charge in [-0.2, -0.15) is 0 Å². The molecule has 0 spiro atoms. The van der Waals surface area contributed by atoms with Crippen molar-refractivity contribution in [3.63, 3.8) is 0 Å². The van der Waals surface area contributed by atoms with E-state index in [1.54, 1.807) is 30.3 Å². The van der Waals surface area contributed by atoms with E-state index in [2.05, 4.69) is 26.2 Å². The number of benzene rings is 1. The third-order valence-electron chi connectivity index (χ3n) is 2.79. The molecule has 1 aromatic carbocycles. The van der Waals surface area contributed by atoms with Crippen molar-refractivity contribution >= 4 is 27.5 Å². The predicted molar refractivity (Wildman–Crippen MR) is 81.1 cm³/mol. The second kappa shape index (κ2) is 6.94. The van der Waals surface area contributed by atoms with E-state index in [4.69, 9.17) is 0 Å². The molecule has 1 N–H and O–H groups in total. The summed E-state index contributed by atoms with van der Waals surface area (Å²) in [6.07, 6.45) is 0.595. The summed E-state index contributed by atoms with van der Waals surface area (Å²) in [5.41, 5.74) is 1.32.